The van der Waals surface area contributed by atoms with Crippen molar-refractivity contribution in [2.75, 3.05) is 50.2 Å². The highest BCUT2D eigenvalue weighted by Crippen LogP contribution is 2.45. The van der Waals surface area contributed by atoms with Crippen molar-refractivity contribution in [3.63, 3.8) is 0 Å². The van der Waals surface area contributed by atoms with Gasteiger partial charge < -0.3 is 19.4 Å². The molecule has 1 unspecified atom stereocenters. The number of pyridine rings is 1. The molecule has 2 heterocycles. The second-order valence-corrected chi connectivity index (χ2v) is 9.62. The summed E-state index contributed by atoms with van der Waals surface area (Å²) in [6.45, 7) is 7.23. The summed E-state index contributed by atoms with van der Waals surface area (Å²) in [6, 6.07) is 11.4. The van der Waals surface area contributed by atoms with Gasteiger partial charge in [0.15, 0.2) is 5.83 Å². The van der Waals surface area contributed by atoms with E-state index in [-0.39, 0.29) is 11.9 Å². The van der Waals surface area contributed by atoms with E-state index in [4.69, 9.17) is 9.72 Å². The van der Waals surface area contributed by atoms with Crippen molar-refractivity contribution in [3.05, 3.63) is 54.0 Å². The lowest BCUT2D eigenvalue weighted by Crippen LogP contribution is -2.54. The van der Waals surface area contributed by atoms with Crippen LogP contribution in [0.2, 0.25) is 0 Å². The van der Waals surface area contributed by atoms with Gasteiger partial charge in [0.25, 0.3) is 5.91 Å². The van der Waals surface area contributed by atoms with Crippen molar-refractivity contribution in [2.45, 2.75) is 38.1 Å². The van der Waals surface area contributed by atoms with Gasteiger partial charge in [-0.3, -0.25) is 9.59 Å². The van der Waals surface area contributed by atoms with Gasteiger partial charge in [0, 0.05) is 57.0 Å². The molecule has 1 aliphatic heterocycles. The van der Waals surface area contributed by atoms with Gasteiger partial charge in [0.1, 0.15) is 11.9 Å². The Morgan fingerprint density at radius 1 is 1.30 bits per heavy atom. The largest absolute Gasteiger partial charge is 0.384 e. The summed E-state index contributed by atoms with van der Waals surface area (Å²) in [5, 5.41) is 10.0. The predicted molar refractivity (Wildman–Crippen MR) is 140 cm³/mol. The molecule has 0 radical (unpaired) electrons. The molecule has 4 rings (SSSR count). The number of amides is 2. The standard InChI is InChI=1S/C28H32FN5O3/c1-18-17-33(11-12-34(18)25(35)10-13-37-4)27-22(16-30)15-24(26(31-27)20-8-9-20)21-6-5-7-23(14-21)32(3)28(36)19(2)29/h5-7,14-15,18,20H,2,8-13,17H2,1,3-4H3. The second-order valence-electron chi connectivity index (χ2n) is 9.62. The SMILES string of the molecule is C=C(F)C(=O)N(C)c1cccc(-c2cc(C#N)c(N3CCN(C(=O)CCOC)C(C)C3)nc2C2CC2)c1. The molecular weight excluding hydrogens is 473 g/mol. The van der Waals surface area contributed by atoms with Gasteiger partial charge in [-0.05, 0) is 43.5 Å². The molecule has 1 atom stereocenters. The van der Waals surface area contributed by atoms with Crippen LogP contribution in [0.25, 0.3) is 11.1 Å². The first kappa shape index (κ1) is 26.3. The van der Waals surface area contributed by atoms with E-state index in [2.05, 4.69) is 17.5 Å². The van der Waals surface area contributed by atoms with Crippen molar-refractivity contribution in [1.82, 2.24) is 9.88 Å². The van der Waals surface area contributed by atoms with E-state index in [1.165, 1.54) is 11.9 Å². The zero-order valence-corrected chi connectivity index (χ0v) is 21.5. The molecule has 37 heavy (non-hydrogen) atoms. The highest BCUT2D eigenvalue weighted by atomic mass is 19.1. The number of carbonyl (C=O) groups excluding carboxylic acids is 2. The molecule has 1 aromatic heterocycles. The first-order valence-corrected chi connectivity index (χ1v) is 12.5. The van der Waals surface area contributed by atoms with Crippen LogP contribution < -0.4 is 9.80 Å². The number of nitrogens with zero attached hydrogens (tertiary/aromatic N) is 5. The first-order chi connectivity index (χ1) is 17.7. The van der Waals surface area contributed by atoms with Crippen LogP contribution in [0, 0.1) is 11.3 Å². The van der Waals surface area contributed by atoms with Gasteiger partial charge in [0.2, 0.25) is 5.91 Å². The summed E-state index contributed by atoms with van der Waals surface area (Å²) >= 11 is 0. The second kappa shape index (κ2) is 11.1. The maximum Gasteiger partial charge on any atom is 0.286 e. The van der Waals surface area contributed by atoms with Gasteiger partial charge in [-0.15, -0.1) is 0 Å². The van der Waals surface area contributed by atoms with Gasteiger partial charge in [-0.2, -0.15) is 5.26 Å². The van der Waals surface area contributed by atoms with Crippen LogP contribution in [-0.4, -0.2) is 68.1 Å². The number of hydrogen-bond donors (Lipinski definition) is 0. The fourth-order valence-corrected chi connectivity index (χ4v) is 4.77. The van der Waals surface area contributed by atoms with E-state index >= 15 is 0 Å². The van der Waals surface area contributed by atoms with Crippen LogP contribution in [-0.2, 0) is 14.3 Å². The van der Waals surface area contributed by atoms with Crippen molar-refractivity contribution in [1.29, 1.82) is 5.26 Å². The van der Waals surface area contributed by atoms with Crippen molar-refractivity contribution >= 4 is 23.3 Å². The number of nitriles is 1. The van der Waals surface area contributed by atoms with Crippen LogP contribution in [0.15, 0.2) is 42.7 Å². The van der Waals surface area contributed by atoms with E-state index in [1.54, 1.807) is 25.3 Å². The minimum Gasteiger partial charge on any atom is -0.384 e. The lowest BCUT2D eigenvalue weighted by molar-refractivity contribution is -0.134. The summed E-state index contributed by atoms with van der Waals surface area (Å²) < 4.78 is 18.5. The Bertz CT molecular complexity index is 1250. The van der Waals surface area contributed by atoms with Crippen LogP contribution in [0.4, 0.5) is 15.9 Å². The summed E-state index contributed by atoms with van der Waals surface area (Å²) in [6.07, 6.45) is 2.38. The van der Waals surface area contributed by atoms with Gasteiger partial charge >= 0.3 is 0 Å². The highest BCUT2D eigenvalue weighted by molar-refractivity contribution is 6.03. The Morgan fingerprint density at radius 3 is 2.68 bits per heavy atom. The van der Waals surface area contributed by atoms with Crippen molar-refractivity contribution in [2.24, 2.45) is 0 Å². The quantitative estimate of drug-likeness (QED) is 0.504. The number of hydrogen-bond acceptors (Lipinski definition) is 6. The van der Waals surface area contributed by atoms with E-state index in [0.29, 0.717) is 55.6 Å². The van der Waals surface area contributed by atoms with Crippen LogP contribution >= 0.6 is 0 Å². The lowest BCUT2D eigenvalue weighted by atomic mass is 9.98. The molecule has 8 nitrogen and oxygen atoms in total. The Labute approximate surface area is 216 Å². The normalized spacial score (nSPS) is 17.3. The molecule has 1 aliphatic carbocycles. The van der Waals surface area contributed by atoms with Crippen molar-refractivity contribution in [3.8, 4) is 17.2 Å². The summed E-state index contributed by atoms with van der Waals surface area (Å²) in [4.78, 5) is 34.8. The summed E-state index contributed by atoms with van der Waals surface area (Å²) in [5.41, 5.74) is 3.54. The molecule has 2 amide bonds. The van der Waals surface area contributed by atoms with E-state index < -0.39 is 11.7 Å². The van der Waals surface area contributed by atoms with Crippen LogP contribution in [0.5, 0.6) is 0 Å². The Kier molecular flexibility index (Phi) is 7.89. The zero-order valence-electron chi connectivity index (χ0n) is 21.5. The Balaban J connectivity index is 1.65. The van der Waals surface area contributed by atoms with Crippen LogP contribution in [0.1, 0.15) is 43.4 Å². The maximum absolute atomic E-state index is 13.4. The number of methoxy groups -OCH3 is 1. The number of anilines is 2. The van der Waals surface area contributed by atoms with Gasteiger partial charge in [0.05, 0.1) is 24.3 Å². The molecule has 2 aliphatic rings. The molecule has 0 N–H and O–H groups in total. The minimum atomic E-state index is -1.03. The molecule has 0 bridgehead atoms. The number of aromatic nitrogens is 1. The number of carbonyl (C=O) groups is 2. The number of rotatable bonds is 8. The molecule has 0 spiro atoms. The highest BCUT2D eigenvalue weighted by Gasteiger charge is 2.33. The van der Waals surface area contributed by atoms with Crippen molar-refractivity contribution < 1.29 is 18.7 Å². The van der Waals surface area contributed by atoms with Gasteiger partial charge in [-0.25, -0.2) is 9.37 Å². The first-order valence-electron chi connectivity index (χ1n) is 12.5. The molecule has 2 aromatic rings. The fourth-order valence-electron chi connectivity index (χ4n) is 4.77. The molecule has 2 fully saturated rings. The fraction of sp³-hybridized carbons (Fsp3) is 0.429. The maximum atomic E-state index is 13.4. The third-order valence-electron chi connectivity index (χ3n) is 6.96. The Hall–Kier alpha value is -3.77. The number of halogens is 1. The number of likely N-dealkylation sites (N-methyl/N-ethyl adjacent to an activating group) is 1. The molecule has 194 valence electrons. The molecule has 1 saturated carbocycles. The number of ether oxygens (including phenoxy) is 1. The zero-order chi connectivity index (χ0) is 26.7. The van der Waals surface area contributed by atoms with E-state index in [0.717, 1.165) is 29.7 Å². The van der Waals surface area contributed by atoms with E-state index in [1.807, 2.05) is 24.0 Å². The molecular formula is C28H32FN5O3. The Morgan fingerprint density at radius 2 is 2.05 bits per heavy atom. The average molecular weight is 506 g/mol. The summed E-state index contributed by atoms with van der Waals surface area (Å²) in [5.74, 6) is -0.833. The van der Waals surface area contributed by atoms with Gasteiger partial charge in [-0.1, -0.05) is 18.7 Å². The van der Waals surface area contributed by atoms with Crippen LogP contribution in [0.3, 0.4) is 0 Å². The molecule has 9 heteroatoms. The minimum absolute atomic E-state index is 0.0227. The third-order valence-corrected chi connectivity index (χ3v) is 6.96. The average Bonchev–Trinajstić information content (AvgIpc) is 3.75. The number of piperazine rings is 1. The summed E-state index contributed by atoms with van der Waals surface area (Å²) in [7, 11) is 3.08. The monoisotopic (exact) mass is 505 g/mol. The lowest BCUT2D eigenvalue weighted by Gasteiger charge is -2.41. The predicted octanol–water partition coefficient (Wildman–Crippen LogP) is 4.02. The third kappa shape index (κ3) is 5.65. The molecule has 1 aromatic carbocycles. The number of benzene rings is 1. The topological polar surface area (TPSA) is 89.8 Å². The molecule has 1 saturated heterocycles. The van der Waals surface area contributed by atoms with E-state index in [9.17, 15) is 19.2 Å². The smallest absolute Gasteiger partial charge is 0.286 e.